The molecule has 1 amide bonds. The van der Waals surface area contributed by atoms with Crippen LogP contribution in [0.3, 0.4) is 0 Å². The molecule has 1 aromatic heterocycles. The summed E-state index contributed by atoms with van der Waals surface area (Å²) in [5.41, 5.74) is -1.44. The summed E-state index contributed by atoms with van der Waals surface area (Å²) < 4.78 is 43.7. The molecule has 0 fully saturated rings. The van der Waals surface area contributed by atoms with E-state index in [0.29, 0.717) is 12.2 Å². The number of halogens is 3. The Morgan fingerprint density at radius 3 is 2.71 bits per heavy atom. The molecule has 0 saturated carbocycles. The number of nitrogens with one attached hydrogen (secondary N) is 2. The standard InChI is InChI=1S/C15H17F3N4O2/c1-9(19-2)7-12-21-13(24-22-12)8-20-14(23)10-5-3-4-6-11(10)15(16,17)18/h3-6,9,19H,7-8H2,1-2H3,(H,20,23). The van der Waals surface area contributed by atoms with Crippen molar-refractivity contribution in [2.75, 3.05) is 7.05 Å². The Morgan fingerprint density at radius 2 is 2.04 bits per heavy atom. The number of hydrogen-bond acceptors (Lipinski definition) is 5. The van der Waals surface area contributed by atoms with E-state index in [9.17, 15) is 18.0 Å². The lowest BCUT2D eigenvalue weighted by atomic mass is 10.1. The van der Waals surface area contributed by atoms with Crippen molar-refractivity contribution in [3.63, 3.8) is 0 Å². The van der Waals surface area contributed by atoms with Gasteiger partial charge in [-0.15, -0.1) is 0 Å². The molecule has 1 aromatic carbocycles. The van der Waals surface area contributed by atoms with Crippen LogP contribution < -0.4 is 10.6 Å². The van der Waals surface area contributed by atoms with Crippen LogP contribution in [0.4, 0.5) is 13.2 Å². The monoisotopic (exact) mass is 342 g/mol. The van der Waals surface area contributed by atoms with Crippen molar-refractivity contribution in [3.8, 4) is 0 Å². The zero-order valence-electron chi connectivity index (χ0n) is 13.1. The van der Waals surface area contributed by atoms with Gasteiger partial charge in [0.25, 0.3) is 5.91 Å². The molecule has 6 nitrogen and oxygen atoms in total. The Hall–Kier alpha value is -2.42. The van der Waals surface area contributed by atoms with E-state index in [1.165, 1.54) is 12.1 Å². The number of amides is 1. The van der Waals surface area contributed by atoms with Crippen molar-refractivity contribution in [2.45, 2.75) is 32.1 Å². The maximum atomic E-state index is 12.9. The summed E-state index contributed by atoms with van der Waals surface area (Å²) in [4.78, 5) is 16.1. The first-order valence-corrected chi connectivity index (χ1v) is 7.24. The van der Waals surface area contributed by atoms with Crippen LogP contribution in [0.25, 0.3) is 0 Å². The zero-order valence-corrected chi connectivity index (χ0v) is 13.1. The maximum absolute atomic E-state index is 12.9. The normalized spacial score (nSPS) is 12.9. The number of nitrogens with zero attached hydrogens (tertiary/aromatic N) is 2. The fourth-order valence-electron chi connectivity index (χ4n) is 2.00. The summed E-state index contributed by atoms with van der Waals surface area (Å²) in [6.07, 6.45) is -4.07. The molecule has 0 aliphatic rings. The van der Waals surface area contributed by atoms with Crippen molar-refractivity contribution < 1.29 is 22.5 Å². The van der Waals surface area contributed by atoms with E-state index in [1.54, 1.807) is 7.05 Å². The van der Waals surface area contributed by atoms with Gasteiger partial charge in [0.05, 0.1) is 17.7 Å². The van der Waals surface area contributed by atoms with E-state index in [4.69, 9.17) is 4.52 Å². The second kappa shape index (κ2) is 7.43. The summed E-state index contributed by atoms with van der Waals surface area (Å²) in [5.74, 6) is -0.269. The number of hydrogen-bond donors (Lipinski definition) is 2. The minimum absolute atomic E-state index is 0.131. The van der Waals surface area contributed by atoms with Crippen LogP contribution in [0.5, 0.6) is 0 Å². The lowest BCUT2D eigenvalue weighted by molar-refractivity contribution is -0.137. The van der Waals surface area contributed by atoms with E-state index >= 15 is 0 Å². The van der Waals surface area contributed by atoms with E-state index in [-0.39, 0.29) is 18.5 Å². The highest BCUT2D eigenvalue weighted by molar-refractivity contribution is 5.95. The van der Waals surface area contributed by atoms with Gasteiger partial charge in [-0.2, -0.15) is 18.2 Å². The molecule has 130 valence electrons. The van der Waals surface area contributed by atoms with Crippen molar-refractivity contribution >= 4 is 5.91 Å². The van der Waals surface area contributed by atoms with Crippen molar-refractivity contribution in [1.29, 1.82) is 0 Å². The quantitative estimate of drug-likeness (QED) is 0.841. The van der Waals surface area contributed by atoms with Gasteiger partial charge >= 0.3 is 6.18 Å². The Labute approximate surface area is 136 Å². The average Bonchev–Trinajstić information content (AvgIpc) is 2.99. The Balaban J connectivity index is 2.02. The molecule has 2 N–H and O–H groups in total. The summed E-state index contributed by atoms with van der Waals surface area (Å²) >= 11 is 0. The Morgan fingerprint density at radius 1 is 1.33 bits per heavy atom. The molecule has 0 spiro atoms. The second-order valence-electron chi connectivity index (χ2n) is 5.22. The molecule has 1 unspecified atom stereocenters. The highest BCUT2D eigenvalue weighted by Gasteiger charge is 2.34. The molecule has 9 heteroatoms. The molecule has 24 heavy (non-hydrogen) atoms. The predicted octanol–water partition coefficient (Wildman–Crippen LogP) is 2.17. The number of likely N-dealkylation sites (N-methyl/N-ethyl adjacent to an activating group) is 1. The van der Waals surface area contributed by atoms with Gasteiger partial charge in [-0.25, -0.2) is 0 Å². The van der Waals surface area contributed by atoms with Crippen molar-refractivity contribution in [1.82, 2.24) is 20.8 Å². The first kappa shape index (κ1) is 17.9. The fraction of sp³-hybridized carbons (Fsp3) is 0.400. The molecule has 0 radical (unpaired) electrons. The van der Waals surface area contributed by atoms with Gasteiger partial charge in [0.1, 0.15) is 0 Å². The van der Waals surface area contributed by atoms with Gasteiger partial charge in [0, 0.05) is 12.5 Å². The molecule has 0 saturated heterocycles. The number of rotatable bonds is 6. The highest BCUT2D eigenvalue weighted by Crippen LogP contribution is 2.31. The third kappa shape index (κ3) is 4.54. The van der Waals surface area contributed by atoms with Crippen molar-refractivity contribution in [3.05, 3.63) is 47.1 Å². The zero-order chi connectivity index (χ0) is 17.7. The van der Waals surface area contributed by atoms with Crippen LogP contribution in [0.2, 0.25) is 0 Å². The van der Waals surface area contributed by atoms with Gasteiger partial charge in [-0.05, 0) is 26.1 Å². The van der Waals surface area contributed by atoms with Gasteiger partial charge < -0.3 is 15.2 Å². The SMILES string of the molecule is CNC(C)Cc1noc(CNC(=O)c2ccccc2C(F)(F)F)n1. The Kier molecular flexibility index (Phi) is 5.55. The van der Waals surface area contributed by atoms with E-state index < -0.39 is 23.2 Å². The first-order chi connectivity index (χ1) is 11.3. The summed E-state index contributed by atoms with van der Waals surface area (Å²) in [6.45, 7) is 1.79. The molecule has 2 rings (SSSR count). The summed E-state index contributed by atoms with van der Waals surface area (Å²) in [5, 5.41) is 9.13. The molecular weight excluding hydrogens is 325 g/mol. The van der Waals surface area contributed by atoms with E-state index in [0.717, 1.165) is 12.1 Å². The molecule has 1 heterocycles. The fourth-order valence-corrected chi connectivity index (χ4v) is 2.00. The average molecular weight is 342 g/mol. The van der Waals surface area contributed by atoms with Gasteiger partial charge in [-0.1, -0.05) is 17.3 Å². The highest BCUT2D eigenvalue weighted by atomic mass is 19.4. The van der Waals surface area contributed by atoms with E-state index in [1.807, 2.05) is 6.92 Å². The molecule has 0 bridgehead atoms. The van der Waals surface area contributed by atoms with Crippen LogP contribution in [0.15, 0.2) is 28.8 Å². The first-order valence-electron chi connectivity index (χ1n) is 7.24. The maximum Gasteiger partial charge on any atom is 0.417 e. The lowest BCUT2D eigenvalue weighted by Gasteiger charge is -2.11. The molecule has 1 atom stereocenters. The number of alkyl halides is 3. The van der Waals surface area contributed by atoms with Gasteiger partial charge in [0.2, 0.25) is 5.89 Å². The second-order valence-corrected chi connectivity index (χ2v) is 5.22. The minimum Gasteiger partial charge on any atom is -0.343 e. The molecule has 2 aromatic rings. The largest absolute Gasteiger partial charge is 0.417 e. The van der Waals surface area contributed by atoms with Crippen LogP contribution in [0, 0.1) is 0 Å². The lowest BCUT2D eigenvalue weighted by Crippen LogP contribution is -2.26. The van der Waals surface area contributed by atoms with Crippen molar-refractivity contribution in [2.24, 2.45) is 0 Å². The number of carbonyl (C=O) groups excluding carboxylic acids is 1. The summed E-state index contributed by atoms with van der Waals surface area (Å²) in [6, 6.07) is 4.72. The number of aromatic nitrogens is 2. The number of carbonyl (C=O) groups is 1. The van der Waals surface area contributed by atoms with E-state index in [2.05, 4.69) is 20.8 Å². The van der Waals surface area contributed by atoms with Crippen LogP contribution in [0.1, 0.15) is 34.6 Å². The molecule has 0 aliphatic heterocycles. The topological polar surface area (TPSA) is 80.0 Å². The minimum atomic E-state index is -4.60. The number of benzene rings is 1. The molecular formula is C15H17F3N4O2. The van der Waals surface area contributed by atoms with Crippen LogP contribution in [-0.4, -0.2) is 29.1 Å². The van der Waals surface area contributed by atoms with Gasteiger partial charge in [-0.3, -0.25) is 4.79 Å². The Bertz CT molecular complexity index is 700. The third-order valence-corrected chi connectivity index (χ3v) is 3.37. The summed E-state index contributed by atoms with van der Waals surface area (Å²) in [7, 11) is 1.80. The smallest absolute Gasteiger partial charge is 0.343 e. The van der Waals surface area contributed by atoms with Crippen LogP contribution >= 0.6 is 0 Å². The predicted molar refractivity (Wildman–Crippen MR) is 79.1 cm³/mol. The van der Waals surface area contributed by atoms with Crippen LogP contribution in [-0.2, 0) is 19.1 Å². The third-order valence-electron chi connectivity index (χ3n) is 3.37. The van der Waals surface area contributed by atoms with Gasteiger partial charge in [0.15, 0.2) is 5.82 Å². The molecule has 0 aliphatic carbocycles.